The minimum Gasteiger partial charge on any atom is -0.485 e. The summed E-state index contributed by atoms with van der Waals surface area (Å²) < 4.78 is 6.42. The third-order valence-electron chi connectivity index (χ3n) is 4.61. The molecule has 4 heteroatoms. The maximum atomic E-state index is 6.42. The van der Waals surface area contributed by atoms with E-state index < -0.39 is 0 Å². The summed E-state index contributed by atoms with van der Waals surface area (Å²) in [5.41, 5.74) is 1.10. The number of hydrogen-bond acceptors (Lipinski definition) is 2. The third kappa shape index (κ3) is 2.54. The van der Waals surface area contributed by atoms with Gasteiger partial charge in [0, 0.05) is 29.5 Å². The summed E-state index contributed by atoms with van der Waals surface area (Å²) in [5.74, 6) is 1.43. The lowest BCUT2D eigenvalue weighted by molar-refractivity contribution is -0.0149. The first-order valence-corrected chi connectivity index (χ1v) is 8.07. The fourth-order valence-electron chi connectivity index (χ4n) is 3.77. The summed E-state index contributed by atoms with van der Waals surface area (Å²) in [6.45, 7) is 1.07. The van der Waals surface area contributed by atoms with Gasteiger partial charge in [0.15, 0.2) is 0 Å². The smallest absolute Gasteiger partial charge is 0.142 e. The van der Waals surface area contributed by atoms with Gasteiger partial charge in [-0.15, -0.1) is 0 Å². The van der Waals surface area contributed by atoms with Gasteiger partial charge in [-0.05, 0) is 45.5 Å². The van der Waals surface area contributed by atoms with Crippen LogP contribution in [0.4, 0.5) is 0 Å². The van der Waals surface area contributed by atoms with Crippen LogP contribution in [0.2, 0.25) is 10.0 Å². The highest BCUT2D eigenvalue weighted by atomic mass is 35.5. The maximum Gasteiger partial charge on any atom is 0.142 e. The van der Waals surface area contributed by atoms with Crippen LogP contribution in [0.1, 0.15) is 31.2 Å². The van der Waals surface area contributed by atoms with Crippen LogP contribution in [-0.4, -0.2) is 31.1 Å². The number of fused-ring (bicyclic) bond motifs is 1. The molecule has 2 atom stereocenters. The molecule has 2 aliphatic rings. The Morgan fingerprint density at radius 2 is 2.10 bits per heavy atom. The molecule has 110 valence electrons. The van der Waals surface area contributed by atoms with Crippen LogP contribution in [0.25, 0.3) is 0 Å². The van der Waals surface area contributed by atoms with E-state index in [0.29, 0.717) is 16.0 Å². The summed E-state index contributed by atoms with van der Waals surface area (Å²) in [5, 5.41) is 1.35. The van der Waals surface area contributed by atoms with E-state index in [-0.39, 0.29) is 5.60 Å². The highest BCUT2D eigenvalue weighted by molar-refractivity contribution is 6.35. The van der Waals surface area contributed by atoms with Crippen molar-refractivity contribution < 1.29 is 4.74 Å². The first kappa shape index (κ1) is 14.5. The van der Waals surface area contributed by atoms with Crippen molar-refractivity contribution in [1.29, 1.82) is 0 Å². The molecule has 1 heterocycles. The molecule has 1 fully saturated rings. The number of rotatable bonds is 2. The SMILES string of the molecule is CN(C)C[C@H]1CCCC[C@]12Cc1cc(Cl)cc(Cl)c1O2. The van der Waals surface area contributed by atoms with Gasteiger partial charge in [0.1, 0.15) is 11.4 Å². The Balaban J connectivity index is 1.92. The molecule has 0 unspecified atom stereocenters. The average Bonchev–Trinajstić information content (AvgIpc) is 2.71. The molecule has 0 saturated heterocycles. The predicted molar refractivity (Wildman–Crippen MR) is 84.0 cm³/mol. The Morgan fingerprint density at radius 1 is 1.30 bits per heavy atom. The number of hydrogen-bond donors (Lipinski definition) is 0. The van der Waals surface area contributed by atoms with Crippen molar-refractivity contribution in [3.05, 3.63) is 27.7 Å². The minimum absolute atomic E-state index is 0.0703. The average molecular weight is 314 g/mol. The highest BCUT2D eigenvalue weighted by Crippen LogP contribution is 2.49. The van der Waals surface area contributed by atoms with Crippen LogP contribution in [0.3, 0.4) is 0 Å². The van der Waals surface area contributed by atoms with Gasteiger partial charge in [-0.2, -0.15) is 0 Å². The largest absolute Gasteiger partial charge is 0.485 e. The van der Waals surface area contributed by atoms with Crippen LogP contribution >= 0.6 is 23.2 Å². The van der Waals surface area contributed by atoms with Crippen molar-refractivity contribution in [2.75, 3.05) is 20.6 Å². The molecule has 2 nitrogen and oxygen atoms in total. The molecule has 1 aromatic rings. The van der Waals surface area contributed by atoms with Gasteiger partial charge in [0.2, 0.25) is 0 Å². The van der Waals surface area contributed by atoms with E-state index in [1.807, 2.05) is 6.07 Å². The summed E-state index contributed by atoms with van der Waals surface area (Å²) in [4.78, 5) is 2.26. The first-order valence-electron chi connectivity index (χ1n) is 7.32. The van der Waals surface area contributed by atoms with Gasteiger partial charge >= 0.3 is 0 Å². The second-order valence-electron chi connectivity index (χ2n) is 6.42. The minimum atomic E-state index is -0.0703. The van der Waals surface area contributed by atoms with Crippen LogP contribution < -0.4 is 4.74 Å². The Kier molecular flexibility index (Phi) is 3.91. The Labute approximate surface area is 131 Å². The lowest BCUT2D eigenvalue weighted by atomic mass is 9.73. The van der Waals surface area contributed by atoms with Gasteiger partial charge in [0.05, 0.1) is 5.02 Å². The Bertz CT molecular complexity index is 517. The molecule has 1 aromatic carbocycles. The van der Waals surface area contributed by atoms with E-state index in [1.165, 1.54) is 24.8 Å². The first-order chi connectivity index (χ1) is 9.50. The molecule has 0 amide bonds. The van der Waals surface area contributed by atoms with E-state index >= 15 is 0 Å². The number of benzene rings is 1. The van der Waals surface area contributed by atoms with Gasteiger partial charge in [-0.1, -0.05) is 29.6 Å². The van der Waals surface area contributed by atoms with Crippen molar-refractivity contribution in [1.82, 2.24) is 4.90 Å². The Morgan fingerprint density at radius 3 is 2.85 bits per heavy atom. The van der Waals surface area contributed by atoms with E-state index in [1.54, 1.807) is 6.07 Å². The second-order valence-corrected chi connectivity index (χ2v) is 7.27. The molecule has 3 rings (SSSR count). The summed E-state index contributed by atoms with van der Waals surface area (Å²) in [6, 6.07) is 3.80. The molecule has 0 radical (unpaired) electrons. The quantitative estimate of drug-likeness (QED) is 0.801. The highest BCUT2D eigenvalue weighted by Gasteiger charge is 2.47. The predicted octanol–water partition coefficient (Wildman–Crippen LogP) is 4.42. The molecule has 20 heavy (non-hydrogen) atoms. The van der Waals surface area contributed by atoms with Gasteiger partial charge in [-0.25, -0.2) is 0 Å². The number of ether oxygens (including phenoxy) is 1. The molecule has 1 aliphatic heterocycles. The van der Waals surface area contributed by atoms with Gasteiger partial charge in [0.25, 0.3) is 0 Å². The van der Waals surface area contributed by atoms with Crippen LogP contribution in [0.15, 0.2) is 12.1 Å². The number of halogens is 2. The van der Waals surface area contributed by atoms with Crippen molar-refractivity contribution in [3.63, 3.8) is 0 Å². The summed E-state index contributed by atoms with van der Waals surface area (Å²) >= 11 is 12.4. The monoisotopic (exact) mass is 313 g/mol. The second kappa shape index (κ2) is 5.40. The van der Waals surface area contributed by atoms with Crippen molar-refractivity contribution in [3.8, 4) is 5.75 Å². The molecule has 0 bridgehead atoms. The van der Waals surface area contributed by atoms with Crippen LogP contribution in [0.5, 0.6) is 5.75 Å². The fraction of sp³-hybridized carbons (Fsp3) is 0.625. The zero-order valence-electron chi connectivity index (χ0n) is 12.1. The molecule has 0 aromatic heterocycles. The van der Waals surface area contributed by atoms with Crippen molar-refractivity contribution in [2.24, 2.45) is 5.92 Å². The molecule has 1 saturated carbocycles. The molecule has 1 spiro atoms. The molecular formula is C16H21Cl2NO. The van der Waals surface area contributed by atoms with E-state index in [0.717, 1.165) is 25.1 Å². The lowest BCUT2D eigenvalue weighted by Gasteiger charge is -2.41. The third-order valence-corrected chi connectivity index (χ3v) is 5.11. The van der Waals surface area contributed by atoms with Crippen LogP contribution in [0, 0.1) is 5.92 Å². The summed E-state index contributed by atoms with van der Waals surface area (Å²) in [7, 11) is 4.27. The number of nitrogens with zero attached hydrogens (tertiary/aromatic N) is 1. The van der Waals surface area contributed by atoms with E-state index in [2.05, 4.69) is 19.0 Å². The topological polar surface area (TPSA) is 12.5 Å². The summed E-state index contributed by atoms with van der Waals surface area (Å²) in [6.07, 6.45) is 5.84. The molecule has 1 aliphatic carbocycles. The van der Waals surface area contributed by atoms with Crippen molar-refractivity contribution in [2.45, 2.75) is 37.7 Å². The van der Waals surface area contributed by atoms with Gasteiger partial charge < -0.3 is 9.64 Å². The molecular weight excluding hydrogens is 293 g/mol. The normalized spacial score (nSPS) is 28.8. The zero-order valence-corrected chi connectivity index (χ0v) is 13.6. The van der Waals surface area contributed by atoms with Crippen LogP contribution in [-0.2, 0) is 6.42 Å². The fourth-order valence-corrected chi connectivity index (χ4v) is 4.34. The van der Waals surface area contributed by atoms with E-state index in [4.69, 9.17) is 27.9 Å². The van der Waals surface area contributed by atoms with E-state index in [9.17, 15) is 0 Å². The Hall–Kier alpha value is -0.440. The zero-order chi connectivity index (χ0) is 14.3. The van der Waals surface area contributed by atoms with Gasteiger partial charge in [-0.3, -0.25) is 0 Å². The molecule has 0 N–H and O–H groups in total. The maximum absolute atomic E-state index is 6.42. The lowest BCUT2D eigenvalue weighted by Crippen LogP contribution is -2.48. The standard InChI is InChI=1S/C16H21Cl2NO/c1-19(2)10-12-5-3-4-6-16(12)9-11-7-13(17)8-14(18)15(11)20-16/h7-8,12H,3-6,9-10H2,1-2H3/t12-,16+/m1/s1. The van der Waals surface area contributed by atoms with Crippen molar-refractivity contribution >= 4 is 23.2 Å².